The Kier molecular flexibility index (Phi) is 5.27. The molecule has 3 atom stereocenters. The lowest BCUT2D eigenvalue weighted by atomic mass is 9.70. The number of nitrogens with zero attached hydrogens (tertiary/aromatic N) is 1. The summed E-state index contributed by atoms with van der Waals surface area (Å²) in [6, 6.07) is 0. The third-order valence-corrected chi connectivity index (χ3v) is 5.20. The van der Waals surface area contributed by atoms with Gasteiger partial charge in [0, 0.05) is 25.2 Å². The van der Waals surface area contributed by atoms with Crippen molar-refractivity contribution in [2.45, 2.75) is 64.0 Å². The molecule has 1 aliphatic heterocycles. The van der Waals surface area contributed by atoms with Crippen LogP contribution < -0.4 is 5.73 Å². The summed E-state index contributed by atoms with van der Waals surface area (Å²) in [7, 11) is 2.26. The second-order valence-electron chi connectivity index (χ2n) is 7.15. The number of nitrogens with two attached hydrogens (primary N) is 1. The third kappa shape index (κ3) is 3.71. The summed E-state index contributed by atoms with van der Waals surface area (Å²) in [5.41, 5.74) is 6.39. The van der Waals surface area contributed by atoms with Crippen LogP contribution in [0.3, 0.4) is 0 Å². The van der Waals surface area contributed by atoms with Gasteiger partial charge in [0.25, 0.3) is 0 Å². The van der Waals surface area contributed by atoms with E-state index in [0.29, 0.717) is 6.10 Å². The monoisotopic (exact) mass is 268 g/mol. The van der Waals surface area contributed by atoms with Crippen LogP contribution in [0.25, 0.3) is 0 Å². The summed E-state index contributed by atoms with van der Waals surface area (Å²) >= 11 is 0. The average Bonchev–Trinajstić information content (AvgIpc) is 2.38. The van der Waals surface area contributed by atoms with Crippen molar-refractivity contribution in [3.63, 3.8) is 0 Å². The Morgan fingerprint density at radius 2 is 1.89 bits per heavy atom. The number of likely N-dealkylation sites (N-methyl/N-ethyl adjacent to an activating group) is 1. The summed E-state index contributed by atoms with van der Waals surface area (Å²) in [6.07, 6.45) is 8.05. The minimum Gasteiger partial charge on any atom is -0.377 e. The Balaban J connectivity index is 1.98. The summed E-state index contributed by atoms with van der Waals surface area (Å²) in [5.74, 6) is 1.59. The molecule has 0 radical (unpaired) electrons. The molecule has 2 aliphatic rings. The predicted molar refractivity (Wildman–Crippen MR) is 80.2 cm³/mol. The second kappa shape index (κ2) is 6.55. The van der Waals surface area contributed by atoms with Gasteiger partial charge in [-0.1, -0.05) is 13.8 Å². The van der Waals surface area contributed by atoms with Crippen LogP contribution in [0.2, 0.25) is 0 Å². The highest BCUT2D eigenvalue weighted by molar-refractivity contribution is 4.97. The molecule has 0 aromatic rings. The first-order valence-electron chi connectivity index (χ1n) is 8.08. The van der Waals surface area contributed by atoms with Crippen LogP contribution in [0.15, 0.2) is 0 Å². The number of ether oxygens (including phenoxy) is 1. The smallest absolute Gasteiger partial charge is 0.0702 e. The van der Waals surface area contributed by atoms with Gasteiger partial charge in [0.15, 0.2) is 0 Å². The van der Waals surface area contributed by atoms with Gasteiger partial charge in [-0.15, -0.1) is 0 Å². The van der Waals surface area contributed by atoms with Crippen LogP contribution in [-0.4, -0.2) is 43.3 Å². The molecule has 2 rings (SSSR count). The van der Waals surface area contributed by atoms with Crippen molar-refractivity contribution in [3.8, 4) is 0 Å². The van der Waals surface area contributed by atoms with Gasteiger partial charge in [-0.2, -0.15) is 0 Å². The van der Waals surface area contributed by atoms with Crippen molar-refractivity contribution in [1.82, 2.24) is 4.90 Å². The van der Waals surface area contributed by atoms with Gasteiger partial charge in [-0.25, -0.2) is 0 Å². The molecule has 1 saturated heterocycles. The fourth-order valence-corrected chi connectivity index (χ4v) is 4.32. The van der Waals surface area contributed by atoms with Crippen LogP contribution in [0, 0.1) is 11.8 Å². The lowest BCUT2D eigenvalue weighted by Gasteiger charge is -2.49. The van der Waals surface area contributed by atoms with E-state index in [4.69, 9.17) is 10.5 Å². The maximum Gasteiger partial charge on any atom is 0.0702 e. The van der Waals surface area contributed by atoms with E-state index in [0.717, 1.165) is 31.5 Å². The second-order valence-corrected chi connectivity index (χ2v) is 7.15. The summed E-state index contributed by atoms with van der Waals surface area (Å²) in [5, 5.41) is 0. The minimum atomic E-state index is 0.206. The molecule has 0 aromatic heterocycles. The SMILES string of the molecule is CC1CC(C)CC(CN)(N(C)CC2CCCCO2)C1. The number of hydrogen-bond donors (Lipinski definition) is 1. The fourth-order valence-electron chi connectivity index (χ4n) is 4.32. The first-order chi connectivity index (χ1) is 9.05. The van der Waals surface area contributed by atoms with E-state index in [1.807, 2.05) is 0 Å². The van der Waals surface area contributed by atoms with Crippen LogP contribution >= 0.6 is 0 Å². The van der Waals surface area contributed by atoms with Gasteiger partial charge in [0.1, 0.15) is 0 Å². The van der Waals surface area contributed by atoms with Gasteiger partial charge in [0.2, 0.25) is 0 Å². The highest BCUT2D eigenvalue weighted by Gasteiger charge is 2.40. The van der Waals surface area contributed by atoms with Crippen LogP contribution in [0.4, 0.5) is 0 Å². The highest BCUT2D eigenvalue weighted by Crippen LogP contribution is 2.39. The molecule has 1 aliphatic carbocycles. The Labute approximate surface area is 118 Å². The fraction of sp³-hybridized carbons (Fsp3) is 1.00. The maximum absolute atomic E-state index is 6.19. The van der Waals surface area contributed by atoms with Crippen LogP contribution in [0.1, 0.15) is 52.4 Å². The first kappa shape index (κ1) is 15.3. The lowest BCUT2D eigenvalue weighted by Crippen LogP contribution is -2.57. The number of rotatable bonds is 4. The summed E-state index contributed by atoms with van der Waals surface area (Å²) in [6.45, 7) is 7.54. The Hall–Kier alpha value is -0.120. The Bertz CT molecular complexity index is 266. The average molecular weight is 268 g/mol. The molecule has 0 spiro atoms. The van der Waals surface area contributed by atoms with Crippen molar-refractivity contribution >= 4 is 0 Å². The molecule has 0 aromatic carbocycles. The molecule has 2 N–H and O–H groups in total. The van der Waals surface area contributed by atoms with Crippen LogP contribution in [-0.2, 0) is 4.74 Å². The minimum absolute atomic E-state index is 0.206. The lowest BCUT2D eigenvalue weighted by molar-refractivity contribution is -0.0393. The first-order valence-corrected chi connectivity index (χ1v) is 8.08. The molecule has 2 fully saturated rings. The van der Waals surface area contributed by atoms with Crippen molar-refractivity contribution in [1.29, 1.82) is 0 Å². The van der Waals surface area contributed by atoms with E-state index in [2.05, 4.69) is 25.8 Å². The molecule has 19 heavy (non-hydrogen) atoms. The zero-order valence-corrected chi connectivity index (χ0v) is 13.0. The molecule has 112 valence electrons. The normalized spacial score (nSPS) is 40.6. The third-order valence-electron chi connectivity index (χ3n) is 5.20. The van der Waals surface area contributed by atoms with Crippen molar-refractivity contribution in [3.05, 3.63) is 0 Å². The maximum atomic E-state index is 6.19. The topological polar surface area (TPSA) is 38.5 Å². The van der Waals surface area contributed by atoms with Gasteiger partial charge in [-0.3, -0.25) is 4.90 Å². The molecule has 0 amide bonds. The van der Waals surface area contributed by atoms with E-state index in [9.17, 15) is 0 Å². The van der Waals surface area contributed by atoms with Gasteiger partial charge >= 0.3 is 0 Å². The zero-order chi connectivity index (χ0) is 13.9. The molecular weight excluding hydrogens is 236 g/mol. The Morgan fingerprint density at radius 3 is 2.42 bits per heavy atom. The van der Waals surface area contributed by atoms with E-state index in [1.54, 1.807) is 0 Å². The highest BCUT2D eigenvalue weighted by atomic mass is 16.5. The molecule has 3 nitrogen and oxygen atoms in total. The van der Waals surface area contributed by atoms with Gasteiger partial charge in [-0.05, 0) is 57.4 Å². The molecule has 3 unspecified atom stereocenters. The van der Waals surface area contributed by atoms with E-state index in [1.165, 1.54) is 38.5 Å². The summed E-state index contributed by atoms with van der Waals surface area (Å²) < 4.78 is 5.90. The summed E-state index contributed by atoms with van der Waals surface area (Å²) in [4.78, 5) is 2.52. The quantitative estimate of drug-likeness (QED) is 0.852. The molecule has 1 heterocycles. The molecule has 3 heteroatoms. The molecule has 0 bridgehead atoms. The van der Waals surface area contributed by atoms with Crippen molar-refractivity contribution < 1.29 is 4.74 Å². The van der Waals surface area contributed by atoms with E-state index >= 15 is 0 Å². The van der Waals surface area contributed by atoms with Gasteiger partial charge in [0.05, 0.1) is 6.10 Å². The van der Waals surface area contributed by atoms with Crippen LogP contribution in [0.5, 0.6) is 0 Å². The predicted octanol–water partition coefficient (Wildman–Crippen LogP) is 2.64. The van der Waals surface area contributed by atoms with Crippen molar-refractivity contribution in [2.75, 3.05) is 26.7 Å². The molecular formula is C16H32N2O. The van der Waals surface area contributed by atoms with Gasteiger partial charge < -0.3 is 10.5 Å². The van der Waals surface area contributed by atoms with Crippen molar-refractivity contribution in [2.24, 2.45) is 17.6 Å². The van der Waals surface area contributed by atoms with E-state index in [-0.39, 0.29) is 5.54 Å². The van der Waals surface area contributed by atoms with E-state index < -0.39 is 0 Å². The Morgan fingerprint density at radius 1 is 1.21 bits per heavy atom. The zero-order valence-electron chi connectivity index (χ0n) is 13.0. The standard InChI is InChI=1S/C16H32N2O/c1-13-8-14(2)10-16(9-13,12-17)18(3)11-15-6-4-5-7-19-15/h13-15H,4-12,17H2,1-3H3. The molecule has 1 saturated carbocycles. The number of hydrogen-bond acceptors (Lipinski definition) is 3. The largest absolute Gasteiger partial charge is 0.377 e.